The topological polar surface area (TPSA) is 42.4 Å². The first-order chi connectivity index (χ1) is 6.55. The lowest BCUT2D eigenvalue weighted by Crippen LogP contribution is -2.25. The Hall–Kier alpha value is -1.16. The summed E-state index contributed by atoms with van der Waals surface area (Å²) >= 11 is 0. The van der Waals surface area contributed by atoms with E-state index in [1.54, 1.807) is 0 Å². The fourth-order valence-electron chi connectivity index (χ4n) is 0.798. The van der Waals surface area contributed by atoms with Crippen LogP contribution in [0.2, 0.25) is 0 Å². The van der Waals surface area contributed by atoms with Crippen LogP contribution < -0.4 is 4.74 Å². The molecule has 0 aliphatic heterocycles. The van der Waals surface area contributed by atoms with Gasteiger partial charge in [-0.2, -0.15) is 0 Å². The molecule has 0 fully saturated rings. The third kappa shape index (κ3) is 2.96. The van der Waals surface area contributed by atoms with E-state index < -0.39 is 5.82 Å². The Bertz CT molecular complexity index is 302. The van der Waals surface area contributed by atoms with Crippen LogP contribution >= 0.6 is 0 Å². The van der Waals surface area contributed by atoms with Gasteiger partial charge in [0.1, 0.15) is 0 Å². The SMILES string of the molecule is CC(C)(CO)COc1ccncc1F. The van der Waals surface area contributed by atoms with Crippen molar-refractivity contribution in [2.24, 2.45) is 5.41 Å². The van der Waals surface area contributed by atoms with Crippen molar-refractivity contribution >= 4 is 0 Å². The molecule has 3 nitrogen and oxygen atoms in total. The maximum absolute atomic E-state index is 13.0. The van der Waals surface area contributed by atoms with Gasteiger partial charge in [-0.25, -0.2) is 4.39 Å². The minimum atomic E-state index is -0.485. The standard InChI is InChI=1S/C10H14FNO2/c1-10(2,6-13)7-14-9-3-4-12-5-8(9)11/h3-5,13H,6-7H2,1-2H3. The van der Waals surface area contributed by atoms with Crippen molar-refractivity contribution in [3.05, 3.63) is 24.3 Å². The zero-order valence-corrected chi connectivity index (χ0v) is 8.33. The van der Waals surface area contributed by atoms with Crippen molar-refractivity contribution < 1.29 is 14.2 Å². The number of nitrogens with zero attached hydrogens (tertiary/aromatic N) is 1. The zero-order chi connectivity index (χ0) is 10.6. The van der Waals surface area contributed by atoms with Gasteiger partial charge in [-0.05, 0) is 0 Å². The first-order valence-electron chi connectivity index (χ1n) is 4.38. The third-order valence-corrected chi connectivity index (χ3v) is 1.78. The van der Waals surface area contributed by atoms with Crippen LogP contribution in [0.25, 0.3) is 0 Å². The lowest BCUT2D eigenvalue weighted by atomic mass is 9.97. The highest BCUT2D eigenvalue weighted by Crippen LogP contribution is 2.19. The smallest absolute Gasteiger partial charge is 0.183 e. The number of rotatable bonds is 4. The van der Waals surface area contributed by atoms with E-state index in [0.29, 0.717) is 0 Å². The van der Waals surface area contributed by atoms with Crippen LogP contribution in [-0.2, 0) is 0 Å². The Morgan fingerprint density at radius 3 is 2.86 bits per heavy atom. The molecule has 0 unspecified atom stereocenters. The highest BCUT2D eigenvalue weighted by molar-refractivity contribution is 5.19. The summed E-state index contributed by atoms with van der Waals surface area (Å²) in [6.07, 6.45) is 2.56. The molecule has 0 amide bonds. The van der Waals surface area contributed by atoms with Gasteiger partial charge in [0, 0.05) is 17.7 Å². The monoisotopic (exact) mass is 199 g/mol. The molecule has 78 valence electrons. The largest absolute Gasteiger partial charge is 0.490 e. The third-order valence-electron chi connectivity index (χ3n) is 1.78. The average Bonchev–Trinajstić information content (AvgIpc) is 2.17. The summed E-state index contributed by atoms with van der Waals surface area (Å²) in [6, 6.07) is 1.46. The van der Waals surface area contributed by atoms with Gasteiger partial charge < -0.3 is 9.84 Å². The molecule has 1 rings (SSSR count). The highest BCUT2D eigenvalue weighted by atomic mass is 19.1. The molecule has 1 heterocycles. The Labute approximate surface area is 82.5 Å². The Kier molecular flexibility index (Phi) is 3.41. The Balaban J connectivity index is 2.58. The van der Waals surface area contributed by atoms with E-state index in [2.05, 4.69) is 4.98 Å². The Morgan fingerprint density at radius 2 is 2.29 bits per heavy atom. The minimum absolute atomic E-state index is 0.000295. The molecular weight excluding hydrogens is 185 g/mol. The molecule has 0 radical (unpaired) electrons. The van der Waals surface area contributed by atoms with E-state index in [4.69, 9.17) is 9.84 Å². The summed E-state index contributed by atoms with van der Waals surface area (Å²) < 4.78 is 18.2. The van der Waals surface area contributed by atoms with Crippen molar-refractivity contribution in [1.29, 1.82) is 0 Å². The summed E-state index contributed by atoms with van der Waals surface area (Å²) in [5.74, 6) is -0.317. The summed E-state index contributed by atoms with van der Waals surface area (Å²) in [7, 11) is 0. The summed E-state index contributed by atoms with van der Waals surface area (Å²) in [6.45, 7) is 3.95. The second-order valence-corrected chi connectivity index (χ2v) is 3.92. The van der Waals surface area contributed by atoms with Gasteiger partial charge in [-0.3, -0.25) is 4.98 Å². The Morgan fingerprint density at radius 1 is 1.57 bits per heavy atom. The first kappa shape index (κ1) is 10.9. The molecule has 0 aliphatic carbocycles. The molecule has 0 aliphatic rings. The summed E-state index contributed by atoms with van der Waals surface area (Å²) in [5, 5.41) is 8.96. The van der Waals surface area contributed by atoms with Crippen LogP contribution in [-0.4, -0.2) is 23.3 Å². The number of ether oxygens (including phenoxy) is 1. The zero-order valence-electron chi connectivity index (χ0n) is 8.33. The lowest BCUT2D eigenvalue weighted by molar-refractivity contribution is 0.0953. The van der Waals surface area contributed by atoms with Gasteiger partial charge in [-0.1, -0.05) is 13.8 Å². The van der Waals surface area contributed by atoms with Crippen LogP contribution in [0.15, 0.2) is 18.5 Å². The molecule has 1 N–H and O–H groups in total. The molecular formula is C10H14FNO2. The van der Waals surface area contributed by atoms with Gasteiger partial charge in [0.15, 0.2) is 11.6 Å². The van der Waals surface area contributed by atoms with Crippen LogP contribution in [0.5, 0.6) is 5.75 Å². The number of hydrogen-bond acceptors (Lipinski definition) is 3. The van der Waals surface area contributed by atoms with E-state index in [9.17, 15) is 4.39 Å². The highest BCUT2D eigenvalue weighted by Gasteiger charge is 2.18. The number of aliphatic hydroxyl groups is 1. The molecule has 0 spiro atoms. The molecule has 0 aromatic carbocycles. The van der Waals surface area contributed by atoms with Crippen LogP contribution in [0.4, 0.5) is 4.39 Å². The number of halogens is 1. The summed E-state index contributed by atoms with van der Waals surface area (Å²) in [5.41, 5.74) is -0.365. The first-order valence-corrected chi connectivity index (χ1v) is 4.38. The van der Waals surface area contributed by atoms with Crippen LogP contribution in [0.3, 0.4) is 0 Å². The second-order valence-electron chi connectivity index (χ2n) is 3.92. The van der Waals surface area contributed by atoms with E-state index in [-0.39, 0.29) is 24.4 Å². The fourth-order valence-corrected chi connectivity index (χ4v) is 0.798. The van der Waals surface area contributed by atoms with Crippen LogP contribution in [0.1, 0.15) is 13.8 Å². The molecule has 0 saturated heterocycles. The van der Waals surface area contributed by atoms with E-state index in [1.165, 1.54) is 12.3 Å². The van der Waals surface area contributed by atoms with E-state index >= 15 is 0 Å². The lowest BCUT2D eigenvalue weighted by Gasteiger charge is -2.21. The summed E-state index contributed by atoms with van der Waals surface area (Å²) in [4.78, 5) is 3.61. The van der Waals surface area contributed by atoms with Gasteiger partial charge in [0.05, 0.1) is 19.4 Å². The van der Waals surface area contributed by atoms with Crippen LogP contribution in [0, 0.1) is 11.2 Å². The molecule has 1 aromatic rings. The molecule has 0 bridgehead atoms. The van der Waals surface area contributed by atoms with Crippen molar-refractivity contribution in [1.82, 2.24) is 4.98 Å². The minimum Gasteiger partial charge on any atom is -0.490 e. The average molecular weight is 199 g/mol. The molecule has 1 aromatic heterocycles. The van der Waals surface area contributed by atoms with Gasteiger partial charge in [-0.15, -0.1) is 0 Å². The molecule has 0 atom stereocenters. The molecule has 14 heavy (non-hydrogen) atoms. The normalized spacial score (nSPS) is 11.4. The number of hydrogen-bond donors (Lipinski definition) is 1. The fraction of sp³-hybridized carbons (Fsp3) is 0.500. The van der Waals surface area contributed by atoms with Gasteiger partial charge in [0.2, 0.25) is 0 Å². The number of aliphatic hydroxyl groups excluding tert-OH is 1. The number of pyridine rings is 1. The van der Waals surface area contributed by atoms with Gasteiger partial charge >= 0.3 is 0 Å². The van der Waals surface area contributed by atoms with Crippen molar-refractivity contribution in [2.45, 2.75) is 13.8 Å². The quantitative estimate of drug-likeness (QED) is 0.801. The maximum atomic E-state index is 13.0. The second kappa shape index (κ2) is 4.37. The van der Waals surface area contributed by atoms with Crippen molar-refractivity contribution in [3.63, 3.8) is 0 Å². The van der Waals surface area contributed by atoms with E-state index in [1.807, 2.05) is 13.8 Å². The van der Waals surface area contributed by atoms with Crippen molar-refractivity contribution in [2.75, 3.05) is 13.2 Å². The molecule has 4 heteroatoms. The predicted octanol–water partition coefficient (Wildman–Crippen LogP) is 1.62. The molecule has 0 saturated carbocycles. The van der Waals surface area contributed by atoms with Gasteiger partial charge in [0.25, 0.3) is 0 Å². The van der Waals surface area contributed by atoms with E-state index in [0.717, 1.165) is 6.20 Å². The van der Waals surface area contributed by atoms with Crippen molar-refractivity contribution in [3.8, 4) is 5.75 Å². The predicted molar refractivity (Wildman–Crippen MR) is 50.6 cm³/mol. The maximum Gasteiger partial charge on any atom is 0.183 e. The number of aromatic nitrogens is 1.